The average molecular weight is 291 g/mol. The van der Waals surface area contributed by atoms with Gasteiger partial charge >= 0.3 is 0 Å². The van der Waals surface area contributed by atoms with Crippen LogP contribution in [-0.4, -0.2) is 16.1 Å². The number of carbonyl (C=O) groups excluding carboxylic acids is 1. The van der Waals surface area contributed by atoms with Crippen LogP contribution >= 0.6 is 0 Å². The number of hydrogen-bond acceptors (Lipinski definition) is 2. The molecule has 4 nitrogen and oxygen atoms in total. The van der Waals surface area contributed by atoms with Crippen LogP contribution in [0.5, 0.6) is 0 Å². The molecule has 0 bridgehead atoms. The lowest BCUT2D eigenvalue weighted by Gasteiger charge is -2.27. The monoisotopic (exact) mass is 291 g/mol. The highest BCUT2D eigenvalue weighted by Crippen LogP contribution is 2.32. The van der Waals surface area contributed by atoms with Crippen LogP contribution in [0.15, 0.2) is 6.07 Å². The predicted molar refractivity (Wildman–Crippen MR) is 86.3 cm³/mol. The van der Waals surface area contributed by atoms with Crippen molar-refractivity contribution in [2.75, 3.05) is 5.32 Å². The number of anilines is 1. The molecule has 2 rings (SSSR count). The third-order valence-corrected chi connectivity index (χ3v) is 4.65. The number of rotatable bonds is 6. The van der Waals surface area contributed by atoms with Gasteiger partial charge in [0.25, 0.3) is 0 Å². The van der Waals surface area contributed by atoms with Crippen molar-refractivity contribution >= 4 is 11.7 Å². The van der Waals surface area contributed by atoms with Gasteiger partial charge in [0.1, 0.15) is 0 Å². The molecule has 2 N–H and O–H groups in total. The second-order valence-electron chi connectivity index (χ2n) is 6.71. The summed E-state index contributed by atoms with van der Waals surface area (Å²) < 4.78 is 0. The van der Waals surface area contributed by atoms with Crippen molar-refractivity contribution in [3.8, 4) is 0 Å². The van der Waals surface area contributed by atoms with E-state index in [4.69, 9.17) is 0 Å². The molecule has 4 heteroatoms. The van der Waals surface area contributed by atoms with Gasteiger partial charge in [0.05, 0.1) is 0 Å². The highest BCUT2D eigenvalue weighted by atomic mass is 16.1. The number of H-pyrrole nitrogens is 1. The molecule has 21 heavy (non-hydrogen) atoms. The molecule has 1 aromatic heterocycles. The summed E-state index contributed by atoms with van der Waals surface area (Å²) in [6.45, 7) is 6.46. The Balaban J connectivity index is 1.79. The highest BCUT2D eigenvalue weighted by Gasteiger charge is 2.26. The summed E-state index contributed by atoms with van der Waals surface area (Å²) in [5, 5.41) is 10.1. The fraction of sp³-hybridized carbons (Fsp3) is 0.765. The van der Waals surface area contributed by atoms with E-state index in [-0.39, 0.29) is 11.8 Å². The van der Waals surface area contributed by atoms with Crippen molar-refractivity contribution in [3.63, 3.8) is 0 Å². The Hall–Kier alpha value is -1.32. The second-order valence-corrected chi connectivity index (χ2v) is 6.71. The van der Waals surface area contributed by atoms with Crippen LogP contribution in [0.3, 0.4) is 0 Å². The molecule has 1 amide bonds. The van der Waals surface area contributed by atoms with Crippen LogP contribution in [0.2, 0.25) is 0 Å². The molecule has 0 saturated heterocycles. The fourth-order valence-corrected chi connectivity index (χ4v) is 3.13. The molecule has 1 aromatic rings. The van der Waals surface area contributed by atoms with Gasteiger partial charge in [0.15, 0.2) is 5.82 Å². The van der Waals surface area contributed by atoms with E-state index in [2.05, 4.69) is 36.3 Å². The number of carbonyl (C=O) groups is 1. The molecule has 1 aliphatic carbocycles. The number of aromatic amines is 1. The molecular formula is C17H29N3O. The van der Waals surface area contributed by atoms with Crippen LogP contribution in [0.4, 0.5) is 5.82 Å². The number of nitrogens with one attached hydrogen (secondary N) is 2. The zero-order valence-corrected chi connectivity index (χ0v) is 13.6. The van der Waals surface area contributed by atoms with Crippen molar-refractivity contribution in [2.45, 2.75) is 71.6 Å². The second kappa shape index (κ2) is 7.62. The van der Waals surface area contributed by atoms with Crippen LogP contribution < -0.4 is 5.32 Å². The van der Waals surface area contributed by atoms with E-state index in [0.29, 0.717) is 11.7 Å². The van der Waals surface area contributed by atoms with Gasteiger partial charge in [-0.15, -0.1) is 0 Å². The van der Waals surface area contributed by atoms with E-state index in [1.54, 1.807) is 0 Å². The Morgan fingerprint density at radius 1 is 1.38 bits per heavy atom. The Morgan fingerprint density at radius 2 is 2.10 bits per heavy atom. The molecule has 1 fully saturated rings. The summed E-state index contributed by atoms with van der Waals surface area (Å²) in [5.74, 6) is 2.22. The van der Waals surface area contributed by atoms with Gasteiger partial charge in [0, 0.05) is 17.7 Å². The summed E-state index contributed by atoms with van der Waals surface area (Å²) in [6, 6.07) is 1.94. The first-order chi connectivity index (χ1) is 10.1. The third kappa shape index (κ3) is 4.58. The minimum atomic E-state index is 0.144. The molecule has 1 saturated carbocycles. The van der Waals surface area contributed by atoms with E-state index in [1.807, 2.05) is 6.07 Å². The number of aromatic nitrogens is 2. The zero-order valence-electron chi connectivity index (χ0n) is 13.6. The number of amides is 1. The summed E-state index contributed by atoms with van der Waals surface area (Å²) in [7, 11) is 0. The molecular weight excluding hydrogens is 262 g/mol. The molecule has 1 heterocycles. The summed E-state index contributed by atoms with van der Waals surface area (Å²) in [6.07, 6.45) is 8.40. The maximum Gasteiger partial charge on any atom is 0.228 e. The van der Waals surface area contributed by atoms with Gasteiger partial charge in [-0.05, 0) is 37.5 Å². The lowest BCUT2D eigenvalue weighted by atomic mass is 9.79. The van der Waals surface area contributed by atoms with Crippen LogP contribution in [-0.2, 0) is 4.79 Å². The molecule has 0 atom stereocenters. The normalized spacial score (nSPS) is 22.5. The number of unbranched alkanes of at least 4 members (excludes halogenated alkanes) is 1. The SMILES string of the molecule is CCCCC1CCC(C(=O)Nc2cc(C(C)C)[nH]n2)CC1. The van der Waals surface area contributed by atoms with E-state index in [1.165, 1.54) is 32.1 Å². The van der Waals surface area contributed by atoms with Crippen LogP contribution in [0.1, 0.15) is 77.3 Å². The Kier molecular flexibility index (Phi) is 5.83. The molecule has 0 spiro atoms. The Labute approximate surface area is 128 Å². The summed E-state index contributed by atoms with van der Waals surface area (Å²) in [5.41, 5.74) is 1.06. The van der Waals surface area contributed by atoms with Crippen molar-refractivity contribution in [1.82, 2.24) is 10.2 Å². The predicted octanol–water partition coefficient (Wildman–Crippen LogP) is 4.47. The van der Waals surface area contributed by atoms with Gasteiger partial charge in [-0.3, -0.25) is 9.89 Å². The lowest BCUT2D eigenvalue weighted by Crippen LogP contribution is -2.27. The van der Waals surface area contributed by atoms with Crippen LogP contribution in [0, 0.1) is 11.8 Å². The average Bonchev–Trinajstić information content (AvgIpc) is 2.94. The Morgan fingerprint density at radius 3 is 2.67 bits per heavy atom. The highest BCUT2D eigenvalue weighted by molar-refractivity contribution is 5.91. The first-order valence-corrected chi connectivity index (χ1v) is 8.46. The Bertz CT molecular complexity index is 445. The molecule has 0 aliphatic heterocycles. The quantitative estimate of drug-likeness (QED) is 0.812. The first-order valence-electron chi connectivity index (χ1n) is 8.46. The van der Waals surface area contributed by atoms with Crippen molar-refractivity contribution in [3.05, 3.63) is 11.8 Å². The summed E-state index contributed by atoms with van der Waals surface area (Å²) in [4.78, 5) is 12.3. The van der Waals surface area contributed by atoms with Crippen LogP contribution in [0.25, 0.3) is 0 Å². The maximum absolute atomic E-state index is 12.3. The topological polar surface area (TPSA) is 57.8 Å². The molecule has 1 aliphatic rings. The van der Waals surface area contributed by atoms with Gasteiger partial charge in [0.2, 0.25) is 5.91 Å². The van der Waals surface area contributed by atoms with Crippen molar-refractivity contribution in [1.29, 1.82) is 0 Å². The lowest BCUT2D eigenvalue weighted by molar-refractivity contribution is -0.121. The van der Waals surface area contributed by atoms with Gasteiger partial charge in [-0.2, -0.15) is 5.10 Å². The van der Waals surface area contributed by atoms with Gasteiger partial charge in [-0.25, -0.2) is 0 Å². The smallest absolute Gasteiger partial charge is 0.228 e. The molecule has 0 radical (unpaired) electrons. The summed E-state index contributed by atoms with van der Waals surface area (Å²) >= 11 is 0. The van der Waals surface area contributed by atoms with Crippen molar-refractivity contribution in [2.24, 2.45) is 11.8 Å². The van der Waals surface area contributed by atoms with E-state index >= 15 is 0 Å². The third-order valence-electron chi connectivity index (χ3n) is 4.65. The molecule has 0 aromatic carbocycles. The van der Waals surface area contributed by atoms with E-state index < -0.39 is 0 Å². The molecule has 118 valence electrons. The van der Waals surface area contributed by atoms with E-state index in [0.717, 1.165) is 24.5 Å². The van der Waals surface area contributed by atoms with Gasteiger partial charge in [-0.1, -0.05) is 40.0 Å². The fourth-order valence-electron chi connectivity index (χ4n) is 3.13. The van der Waals surface area contributed by atoms with E-state index in [9.17, 15) is 4.79 Å². The largest absolute Gasteiger partial charge is 0.309 e. The standard InChI is InChI=1S/C17H29N3O/c1-4-5-6-13-7-9-14(10-8-13)17(21)18-16-11-15(12(2)3)19-20-16/h11-14H,4-10H2,1-3H3,(H2,18,19,20,21). The van der Waals surface area contributed by atoms with Gasteiger partial charge < -0.3 is 5.32 Å². The zero-order chi connectivity index (χ0) is 15.2. The minimum absolute atomic E-state index is 0.144. The minimum Gasteiger partial charge on any atom is -0.309 e. The van der Waals surface area contributed by atoms with Crippen molar-refractivity contribution < 1.29 is 4.79 Å². The number of hydrogen-bond donors (Lipinski definition) is 2. The molecule has 0 unspecified atom stereocenters. The first kappa shape index (κ1) is 16.1. The number of nitrogens with zero attached hydrogens (tertiary/aromatic N) is 1. The maximum atomic E-state index is 12.3.